The van der Waals surface area contributed by atoms with E-state index >= 15 is 0 Å². The Bertz CT molecular complexity index is 799. The number of rotatable bonds is 5. The van der Waals surface area contributed by atoms with E-state index in [0.29, 0.717) is 11.3 Å². The highest BCUT2D eigenvalue weighted by Crippen LogP contribution is 2.22. The van der Waals surface area contributed by atoms with E-state index in [-0.39, 0.29) is 11.6 Å². The van der Waals surface area contributed by atoms with Crippen molar-refractivity contribution in [1.82, 2.24) is 4.90 Å². The summed E-state index contributed by atoms with van der Waals surface area (Å²) in [5.41, 5.74) is 2.82. The molecule has 2 aromatic carbocycles. The van der Waals surface area contributed by atoms with Crippen molar-refractivity contribution in [3.63, 3.8) is 0 Å². The number of benzene rings is 2. The van der Waals surface area contributed by atoms with Crippen molar-refractivity contribution < 1.29 is 14.5 Å². The number of morpholine rings is 1. The minimum Gasteiger partial charge on any atom is -0.379 e. The quantitative estimate of drug-likeness (QED) is 0.658. The van der Waals surface area contributed by atoms with Gasteiger partial charge in [-0.15, -0.1) is 0 Å². The standard InChI is InChI=1S/C19H21N3O4/c1-14-2-7-17(22(24)25)12-18(14)20-19(23)16-5-3-15(4-6-16)13-21-8-10-26-11-9-21/h2-7,12H,8-11,13H2,1H3,(H,20,23). The molecule has 136 valence electrons. The predicted octanol–water partition coefficient (Wildman–Crippen LogP) is 2.99. The van der Waals surface area contributed by atoms with Crippen molar-refractivity contribution in [3.8, 4) is 0 Å². The second-order valence-corrected chi connectivity index (χ2v) is 6.30. The number of ether oxygens (including phenoxy) is 1. The summed E-state index contributed by atoms with van der Waals surface area (Å²) in [5, 5.41) is 13.7. The van der Waals surface area contributed by atoms with Crippen LogP contribution in [0.1, 0.15) is 21.5 Å². The van der Waals surface area contributed by atoms with Gasteiger partial charge in [0.05, 0.1) is 23.8 Å². The Kier molecular flexibility index (Phi) is 5.60. The van der Waals surface area contributed by atoms with E-state index in [1.807, 2.05) is 12.1 Å². The molecule has 0 atom stereocenters. The topological polar surface area (TPSA) is 84.7 Å². The van der Waals surface area contributed by atoms with Gasteiger partial charge < -0.3 is 10.1 Å². The Balaban J connectivity index is 1.66. The first kappa shape index (κ1) is 18.0. The number of aryl methyl sites for hydroxylation is 1. The van der Waals surface area contributed by atoms with Gasteiger partial charge in [-0.3, -0.25) is 19.8 Å². The molecule has 0 unspecified atom stereocenters. The smallest absolute Gasteiger partial charge is 0.271 e. The fraction of sp³-hybridized carbons (Fsp3) is 0.316. The summed E-state index contributed by atoms with van der Waals surface area (Å²) in [6.07, 6.45) is 0. The van der Waals surface area contributed by atoms with Crippen molar-refractivity contribution in [3.05, 3.63) is 69.3 Å². The average Bonchev–Trinajstić information content (AvgIpc) is 2.64. The van der Waals surface area contributed by atoms with Crippen LogP contribution in [-0.4, -0.2) is 42.0 Å². The number of carbonyl (C=O) groups is 1. The number of nitro benzene ring substituents is 1. The Morgan fingerprint density at radius 1 is 1.19 bits per heavy atom. The number of nitro groups is 1. The summed E-state index contributed by atoms with van der Waals surface area (Å²) in [5.74, 6) is -0.286. The van der Waals surface area contributed by atoms with Crippen molar-refractivity contribution in [2.45, 2.75) is 13.5 Å². The molecule has 0 bridgehead atoms. The van der Waals surface area contributed by atoms with Crippen LogP contribution in [0.2, 0.25) is 0 Å². The molecule has 0 saturated carbocycles. The summed E-state index contributed by atoms with van der Waals surface area (Å²) in [6, 6.07) is 11.8. The van der Waals surface area contributed by atoms with Gasteiger partial charge in [0.15, 0.2) is 0 Å². The van der Waals surface area contributed by atoms with Crippen LogP contribution in [0.15, 0.2) is 42.5 Å². The third kappa shape index (κ3) is 4.44. The fourth-order valence-electron chi connectivity index (χ4n) is 2.83. The van der Waals surface area contributed by atoms with Gasteiger partial charge in [0.25, 0.3) is 11.6 Å². The van der Waals surface area contributed by atoms with Gasteiger partial charge in [-0.25, -0.2) is 0 Å². The lowest BCUT2D eigenvalue weighted by Crippen LogP contribution is -2.35. The number of anilines is 1. The van der Waals surface area contributed by atoms with Gasteiger partial charge >= 0.3 is 0 Å². The maximum absolute atomic E-state index is 12.4. The average molecular weight is 355 g/mol. The molecule has 1 amide bonds. The van der Waals surface area contributed by atoms with Gasteiger partial charge in [0.2, 0.25) is 0 Å². The highest BCUT2D eigenvalue weighted by molar-refractivity contribution is 6.04. The number of hydrogen-bond acceptors (Lipinski definition) is 5. The minimum atomic E-state index is -0.477. The first-order valence-corrected chi connectivity index (χ1v) is 8.48. The molecule has 0 radical (unpaired) electrons. The number of amides is 1. The van der Waals surface area contributed by atoms with E-state index in [2.05, 4.69) is 10.2 Å². The maximum atomic E-state index is 12.4. The molecule has 0 aromatic heterocycles. The molecule has 1 heterocycles. The van der Waals surface area contributed by atoms with Crippen molar-refractivity contribution in [2.75, 3.05) is 31.6 Å². The number of nitrogens with zero attached hydrogens (tertiary/aromatic N) is 2. The highest BCUT2D eigenvalue weighted by Gasteiger charge is 2.14. The molecular formula is C19H21N3O4. The molecule has 2 aromatic rings. The van der Waals surface area contributed by atoms with Crippen LogP contribution in [0.25, 0.3) is 0 Å². The molecule has 7 nitrogen and oxygen atoms in total. The highest BCUT2D eigenvalue weighted by atomic mass is 16.6. The molecule has 1 N–H and O–H groups in total. The van der Waals surface area contributed by atoms with Crippen LogP contribution < -0.4 is 5.32 Å². The molecule has 7 heteroatoms. The lowest BCUT2D eigenvalue weighted by Gasteiger charge is -2.26. The van der Waals surface area contributed by atoms with Crippen LogP contribution >= 0.6 is 0 Å². The molecule has 1 aliphatic rings. The third-order valence-corrected chi connectivity index (χ3v) is 4.41. The van der Waals surface area contributed by atoms with E-state index in [4.69, 9.17) is 4.74 Å². The monoisotopic (exact) mass is 355 g/mol. The van der Waals surface area contributed by atoms with Crippen molar-refractivity contribution in [1.29, 1.82) is 0 Å². The molecule has 26 heavy (non-hydrogen) atoms. The van der Waals surface area contributed by atoms with Crippen LogP contribution in [0, 0.1) is 17.0 Å². The molecule has 0 spiro atoms. The number of hydrogen-bond donors (Lipinski definition) is 1. The van der Waals surface area contributed by atoms with Crippen LogP contribution in [0.3, 0.4) is 0 Å². The van der Waals surface area contributed by atoms with Crippen LogP contribution in [0.5, 0.6) is 0 Å². The largest absolute Gasteiger partial charge is 0.379 e. The normalized spacial score (nSPS) is 14.8. The molecule has 1 saturated heterocycles. The van der Waals surface area contributed by atoms with Crippen LogP contribution in [-0.2, 0) is 11.3 Å². The van der Waals surface area contributed by atoms with E-state index < -0.39 is 4.92 Å². The minimum absolute atomic E-state index is 0.0493. The Morgan fingerprint density at radius 3 is 2.54 bits per heavy atom. The van der Waals surface area contributed by atoms with E-state index in [1.165, 1.54) is 12.1 Å². The van der Waals surface area contributed by atoms with Gasteiger partial charge in [-0.1, -0.05) is 18.2 Å². The number of nitrogens with one attached hydrogen (secondary N) is 1. The second-order valence-electron chi connectivity index (χ2n) is 6.30. The lowest BCUT2D eigenvalue weighted by molar-refractivity contribution is -0.384. The Hall–Kier alpha value is -2.77. The summed E-state index contributed by atoms with van der Waals surface area (Å²) in [7, 11) is 0. The Labute approximate surface area is 151 Å². The van der Waals surface area contributed by atoms with Crippen LogP contribution in [0.4, 0.5) is 11.4 Å². The van der Waals surface area contributed by atoms with Gasteiger partial charge in [0, 0.05) is 37.3 Å². The summed E-state index contributed by atoms with van der Waals surface area (Å²) in [6.45, 7) is 5.95. The molecular weight excluding hydrogens is 334 g/mol. The van der Waals surface area contributed by atoms with Crippen molar-refractivity contribution >= 4 is 17.3 Å². The summed E-state index contributed by atoms with van der Waals surface area (Å²) >= 11 is 0. The molecule has 1 fully saturated rings. The second kappa shape index (κ2) is 8.07. The predicted molar refractivity (Wildman–Crippen MR) is 98.3 cm³/mol. The molecule has 1 aliphatic heterocycles. The Morgan fingerprint density at radius 2 is 1.88 bits per heavy atom. The SMILES string of the molecule is Cc1ccc([N+](=O)[O-])cc1NC(=O)c1ccc(CN2CCOCC2)cc1. The summed E-state index contributed by atoms with van der Waals surface area (Å²) < 4.78 is 5.34. The zero-order valence-electron chi connectivity index (χ0n) is 14.6. The molecule has 3 rings (SSSR count). The van der Waals surface area contributed by atoms with Crippen molar-refractivity contribution in [2.24, 2.45) is 0 Å². The fourth-order valence-corrected chi connectivity index (χ4v) is 2.83. The van der Waals surface area contributed by atoms with Gasteiger partial charge in [-0.2, -0.15) is 0 Å². The van der Waals surface area contributed by atoms with E-state index in [9.17, 15) is 14.9 Å². The van der Waals surface area contributed by atoms with E-state index in [0.717, 1.165) is 44.0 Å². The first-order valence-electron chi connectivity index (χ1n) is 8.48. The third-order valence-electron chi connectivity index (χ3n) is 4.41. The first-order chi connectivity index (χ1) is 12.5. The van der Waals surface area contributed by atoms with Gasteiger partial charge in [-0.05, 0) is 30.2 Å². The summed E-state index contributed by atoms with van der Waals surface area (Å²) in [4.78, 5) is 25.2. The number of non-ortho nitro benzene ring substituents is 1. The number of carbonyl (C=O) groups excluding carboxylic acids is 1. The lowest BCUT2D eigenvalue weighted by atomic mass is 10.1. The maximum Gasteiger partial charge on any atom is 0.271 e. The zero-order valence-corrected chi connectivity index (χ0v) is 14.6. The zero-order chi connectivity index (χ0) is 18.5. The van der Waals surface area contributed by atoms with Gasteiger partial charge in [0.1, 0.15) is 0 Å². The van der Waals surface area contributed by atoms with E-state index in [1.54, 1.807) is 25.1 Å². The molecule has 0 aliphatic carbocycles.